The molecule has 3 N–H and O–H groups in total. The van der Waals surface area contributed by atoms with Gasteiger partial charge >= 0.3 is 0 Å². The average molecular weight is 320 g/mol. The summed E-state index contributed by atoms with van der Waals surface area (Å²) in [6, 6.07) is 10.6. The molecule has 1 aromatic carbocycles. The highest BCUT2D eigenvalue weighted by Crippen LogP contribution is 2.11. The summed E-state index contributed by atoms with van der Waals surface area (Å²) in [4.78, 5) is 4.27. The van der Waals surface area contributed by atoms with Gasteiger partial charge in [0.05, 0.1) is 5.60 Å². The summed E-state index contributed by atoms with van der Waals surface area (Å²) in [6.07, 6.45) is 0. The molecule has 0 amide bonds. The van der Waals surface area contributed by atoms with Crippen LogP contribution in [0.25, 0.3) is 0 Å². The minimum atomic E-state index is -0.225. The summed E-state index contributed by atoms with van der Waals surface area (Å²) in [5.74, 6) is 1.28. The number of rotatable bonds is 8. The largest absolute Gasteiger partial charge is 0.380 e. The fourth-order valence-electron chi connectivity index (χ4n) is 2.00. The Balaban J connectivity index is 2.53. The molecule has 1 atom stereocenters. The maximum atomic E-state index is 5.42. The predicted molar refractivity (Wildman–Crippen MR) is 99.1 cm³/mol. The second-order valence-electron chi connectivity index (χ2n) is 6.63. The highest BCUT2D eigenvalue weighted by atomic mass is 16.5. The van der Waals surface area contributed by atoms with Crippen LogP contribution in [0.15, 0.2) is 35.3 Å². The standard InChI is InChI=1S/C18H32N4O/c1-14(2)16(22-15-10-8-7-9-11-15)12-20-17(19-5)21-13-18(3,4)23-6/h7-11,14,16,22H,12-13H2,1-6H3,(H2,19,20,21). The number of benzene rings is 1. The number of hydrogen-bond acceptors (Lipinski definition) is 3. The highest BCUT2D eigenvalue weighted by molar-refractivity contribution is 5.79. The van der Waals surface area contributed by atoms with Crippen molar-refractivity contribution in [3.8, 4) is 0 Å². The van der Waals surface area contributed by atoms with Crippen molar-refractivity contribution in [1.82, 2.24) is 10.6 Å². The van der Waals surface area contributed by atoms with Crippen LogP contribution >= 0.6 is 0 Å². The topological polar surface area (TPSA) is 57.7 Å². The van der Waals surface area contributed by atoms with E-state index in [1.54, 1.807) is 14.2 Å². The second kappa shape index (κ2) is 9.40. The van der Waals surface area contributed by atoms with Crippen LogP contribution in [0.3, 0.4) is 0 Å². The molecule has 0 aliphatic heterocycles. The molecule has 0 aliphatic carbocycles. The third-order valence-corrected chi connectivity index (χ3v) is 3.88. The van der Waals surface area contributed by atoms with Gasteiger partial charge in [-0.3, -0.25) is 4.99 Å². The number of ether oxygens (including phenoxy) is 1. The molecule has 0 heterocycles. The molecule has 0 radical (unpaired) electrons. The summed E-state index contributed by atoms with van der Waals surface area (Å²) in [5, 5.41) is 10.3. The molecular formula is C18H32N4O. The van der Waals surface area contributed by atoms with E-state index in [9.17, 15) is 0 Å². The van der Waals surface area contributed by atoms with Crippen LogP contribution in [0, 0.1) is 5.92 Å². The van der Waals surface area contributed by atoms with Crippen molar-refractivity contribution in [3.63, 3.8) is 0 Å². The zero-order valence-electron chi connectivity index (χ0n) is 15.3. The SMILES string of the molecule is CN=C(NCC(Nc1ccccc1)C(C)C)NCC(C)(C)OC. The van der Waals surface area contributed by atoms with Gasteiger partial charge in [-0.1, -0.05) is 32.0 Å². The second-order valence-corrected chi connectivity index (χ2v) is 6.63. The Morgan fingerprint density at radius 1 is 1.17 bits per heavy atom. The Bertz CT molecular complexity index is 471. The molecule has 0 saturated carbocycles. The lowest BCUT2D eigenvalue weighted by molar-refractivity contribution is 0.0268. The van der Waals surface area contributed by atoms with Gasteiger partial charge in [0, 0.05) is 39.0 Å². The summed E-state index contributed by atoms with van der Waals surface area (Å²) in [5.41, 5.74) is 0.911. The summed E-state index contributed by atoms with van der Waals surface area (Å²) >= 11 is 0. The van der Waals surface area contributed by atoms with E-state index >= 15 is 0 Å². The number of hydrogen-bond donors (Lipinski definition) is 3. The van der Waals surface area contributed by atoms with Crippen molar-refractivity contribution >= 4 is 11.6 Å². The zero-order chi connectivity index (χ0) is 17.3. The van der Waals surface area contributed by atoms with Crippen molar-refractivity contribution in [1.29, 1.82) is 0 Å². The summed E-state index contributed by atoms with van der Waals surface area (Å²) in [6.45, 7) is 10.0. The van der Waals surface area contributed by atoms with Crippen molar-refractivity contribution in [2.24, 2.45) is 10.9 Å². The fourth-order valence-corrected chi connectivity index (χ4v) is 2.00. The lowest BCUT2D eigenvalue weighted by atomic mass is 10.0. The van der Waals surface area contributed by atoms with Crippen molar-refractivity contribution in [2.45, 2.75) is 39.3 Å². The van der Waals surface area contributed by atoms with Gasteiger partial charge in [0.2, 0.25) is 0 Å². The normalized spacial score (nSPS) is 13.8. The number of anilines is 1. The van der Waals surface area contributed by atoms with Gasteiger partial charge in [-0.15, -0.1) is 0 Å². The fraction of sp³-hybridized carbons (Fsp3) is 0.611. The van der Waals surface area contributed by atoms with Crippen LogP contribution in [-0.2, 0) is 4.74 Å². The number of para-hydroxylation sites is 1. The lowest BCUT2D eigenvalue weighted by Crippen LogP contribution is -2.48. The minimum Gasteiger partial charge on any atom is -0.380 e. The van der Waals surface area contributed by atoms with Crippen molar-refractivity contribution in [3.05, 3.63) is 30.3 Å². The van der Waals surface area contributed by atoms with Gasteiger partial charge in [-0.05, 0) is 31.9 Å². The van der Waals surface area contributed by atoms with Crippen LogP contribution in [0.4, 0.5) is 5.69 Å². The van der Waals surface area contributed by atoms with E-state index in [1.807, 2.05) is 32.0 Å². The molecule has 130 valence electrons. The smallest absolute Gasteiger partial charge is 0.191 e. The first-order chi connectivity index (χ1) is 10.9. The Hall–Kier alpha value is -1.75. The van der Waals surface area contributed by atoms with Gasteiger partial charge in [-0.25, -0.2) is 0 Å². The van der Waals surface area contributed by atoms with Crippen molar-refractivity contribution in [2.75, 3.05) is 32.6 Å². The van der Waals surface area contributed by atoms with E-state index in [2.05, 4.69) is 46.9 Å². The summed E-state index contributed by atoms with van der Waals surface area (Å²) in [7, 11) is 3.50. The number of aliphatic imine (C=N–C) groups is 1. The van der Waals surface area contributed by atoms with E-state index in [4.69, 9.17) is 4.74 Å². The van der Waals surface area contributed by atoms with Gasteiger partial charge in [0.25, 0.3) is 0 Å². The number of nitrogens with zero attached hydrogens (tertiary/aromatic N) is 1. The molecule has 1 rings (SSSR count). The van der Waals surface area contributed by atoms with Gasteiger partial charge in [0.15, 0.2) is 5.96 Å². The lowest BCUT2D eigenvalue weighted by Gasteiger charge is -2.27. The van der Waals surface area contributed by atoms with E-state index in [1.165, 1.54) is 0 Å². The number of guanidine groups is 1. The third kappa shape index (κ3) is 7.37. The molecule has 0 saturated heterocycles. The predicted octanol–water partition coefficient (Wildman–Crippen LogP) is 2.71. The number of nitrogens with one attached hydrogen (secondary N) is 3. The van der Waals surface area contributed by atoms with E-state index < -0.39 is 0 Å². The Morgan fingerprint density at radius 2 is 1.83 bits per heavy atom. The zero-order valence-corrected chi connectivity index (χ0v) is 15.3. The Kier molecular flexibility index (Phi) is 7.89. The van der Waals surface area contributed by atoms with E-state index in [0.29, 0.717) is 18.5 Å². The number of methoxy groups -OCH3 is 1. The molecule has 0 spiro atoms. The molecule has 5 heteroatoms. The van der Waals surface area contributed by atoms with Crippen LogP contribution in [0.5, 0.6) is 0 Å². The van der Waals surface area contributed by atoms with E-state index in [0.717, 1.165) is 18.2 Å². The van der Waals surface area contributed by atoms with Crippen LogP contribution in [0.1, 0.15) is 27.7 Å². The molecule has 1 unspecified atom stereocenters. The quantitative estimate of drug-likeness (QED) is 0.509. The van der Waals surface area contributed by atoms with Gasteiger partial charge in [-0.2, -0.15) is 0 Å². The molecule has 5 nitrogen and oxygen atoms in total. The third-order valence-electron chi connectivity index (χ3n) is 3.88. The molecule has 1 aromatic rings. The average Bonchev–Trinajstić information content (AvgIpc) is 2.54. The molecule has 0 bridgehead atoms. The molecule has 0 aromatic heterocycles. The molecule has 0 fully saturated rings. The maximum absolute atomic E-state index is 5.42. The highest BCUT2D eigenvalue weighted by Gasteiger charge is 2.18. The maximum Gasteiger partial charge on any atom is 0.191 e. The first kappa shape index (κ1) is 19.3. The van der Waals surface area contributed by atoms with Crippen LogP contribution < -0.4 is 16.0 Å². The van der Waals surface area contributed by atoms with Crippen LogP contribution in [0.2, 0.25) is 0 Å². The first-order valence-electron chi connectivity index (χ1n) is 8.19. The van der Waals surface area contributed by atoms with Crippen LogP contribution in [-0.4, -0.2) is 44.8 Å². The Labute approximate surface area is 140 Å². The Morgan fingerprint density at radius 3 is 2.35 bits per heavy atom. The minimum absolute atomic E-state index is 0.225. The molecule has 23 heavy (non-hydrogen) atoms. The van der Waals surface area contributed by atoms with Crippen molar-refractivity contribution < 1.29 is 4.74 Å². The first-order valence-corrected chi connectivity index (χ1v) is 8.19. The van der Waals surface area contributed by atoms with Gasteiger partial charge < -0.3 is 20.7 Å². The van der Waals surface area contributed by atoms with E-state index in [-0.39, 0.29) is 5.60 Å². The summed E-state index contributed by atoms with van der Waals surface area (Å²) < 4.78 is 5.42. The van der Waals surface area contributed by atoms with Gasteiger partial charge in [0.1, 0.15) is 0 Å². The molecular weight excluding hydrogens is 288 g/mol. The molecule has 0 aliphatic rings. The monoisotopic (exact) mass is 320 g/mol.